The molecule has 0 saturated carbocycles. The van der Waals surface area contributed by atoms with E-state index in [9.17, 15) is 14.4 Å². The summed E-state index contributed by atoms with van der Waals surface area (Å²) in [6, 6.07) is 15.2. The summed E-state index contributed by atoms with van der Waals surface area (Å²) < 4.78 is 5.54. The smallest absolute Gasteiger partial charge is 0.407 e. The average molecular weight is 482 g/mol. The average Bonchev–Trinajstić information content (AvgIpc) is 3.13. The van der Waals surface area contributed by atoms with Crippen molar-refractivity contribution in [1.82, 2.24) is 15.5 Å². The third-order valence-corrected chi connectivity index (χ3v) is 6.43. The Morgan fingerprint density at radius 1 is 0.971 bits per heavy atom. The van der Waals surface area contributed by atoms with E-state index in [0.29, 0.717) is 12.6 Å². The van der Waals surface area contributed by atoms with Crippen molar-refractivity contribution in [3.63, 3.8) is 0 Å². The van der Waals surface area contributed by atoms with Crippen LogP contribution in [0.15, 0.2) is 48.5 Å². The number of fused-ring (bicyclic) bond motifs is 3. The number of carboxylic acid groups (broad SMARTS) is 1. The third kappa shape index (κ3) is 6.82. The third-order valence-electron chi connectivity index (χ3n) is 6.43. The molecule has 0 saturated heterocycles. The molecule has 0 heterocycles. The second-order valence-electron chi connectivity index (χ2n) is 9.40. The van der Waals surface area contributed by atoms with Gasteiger partial charge in [0.2, 0.25) is 5.91 Å². The number of aliphatic carboxylic acids is 1. The molecule has 0 fully saturated rings. The predicted octanol–water partition coefficient (Wildman–Crippen LogP) is 3.60. The summed E-state index contributed by atoms with van der Waals surface area (Å²) in [6.07, 6.45) is -1.02. The van der Waals surface area contributed by atoms with Crippen LogP contribution in [-0.2, 0) is 14.3 Å². The lowest BCUT2D eigenvalue weighted by atomic mass is 9.98. The Balaban J connectivity index is 1.63. The van der Waals surface area contributed by atoms with Crippen molar-refractivity contribution in [2.24, 2.45) is 0 Å². The maximum Gasteiger partial charge on any atom is 0.407 e. The second-order valence-corrected chi connectivity index (χ2v) is 9.40. The van der Waals surface area contributed by atoms with Gasteiger partial charge in [0.05, 0.1) is 0 Å². The van der Waals surface area contributed by atoms with Crippen LogP contribution in [0.25, 0.3) is 11.1 Å². The fourth-order valence-corrected chi connectivity index (χ4v) is 4.35. The first-order valence-electron chi connectivity index (χ1n) is 12.0. The summed E-state index contributed by atoms with van der Waals surface area (Å²) >= 11 is 0. The lowest BCUT2D eigenvalue weighted by Crippen LogP contribution is -2.51. The van der Waals surface area contributed by atoms with Gasteiger partial charge in [-0.1, -0.05) is 48.5 Å². The number of carboxylic acids is 1. The van der Waals surface area contributed by atoms with Crippen LogP contribution in [0, 0.1) is 0 Å². The van der Waals surface area contributed by atoms with Gasteiger partial charge in [0, 0.05) is 31.0 Å². The number of nitrogens with zero attached hydrogens (tertiary/aromatic N) is 1. The molecule has 0 aromatic heterocycles. The number of carbonyl (C=O) groups excluding carboxylic acids is 2. The van der Waals surface area contributed by atoms with Gasteiger partial charge in [-0.15, -0.1) is 0 Å². The fraction of sp³-hybridized carbons (Fsp3) is 0.444. The standard InChI is InChI=1S/C27H35N3O5/c1-17(2)30(4)15-18(3)28-26(33)24(13-14-25(31)32)29-27(34)35-16-23-21-11-7-5-9-19(21)20-10-6-8-12-22(20)23/h5-12,17-18,23-24H,13-16H2,1-4H3,(H,28,33)(H,29,34)(H,31,32)/t18-,24?/m0/s1. The van der Waals surface area contributed by atoms with Gasteiger partial charge in [0.25, 0.3) is 0 Å². The molecule has 0 radical (unpaired) electrons. The molecule has 2 amide bonds. The first kappa shape index (κ1) is 26.2. The minimum atomic E-state index is -1.04. The molecule has 1 aliphatic rings. The summed E-state index contributed by atoms with van der Waals surface area (Å²) in [5.74, 6) is -1.57. The number of hydrogen-bond acceptors (Lipinski definition) is 5. The van der Waals surface area contributed by atoms with E-state index in [1.54, 1.807) is 0 Å². The van der Waals surface area contributed by atoms with Crippen molar-refractivity contribution in [2.45, 2.75) is 57.7 Å². The van der Waals surface area contributed by atoms with Gasteiger partial charge in [-0.25, -0.2) is 4.79 Å². The van der Waals surface area contributed by atoms with E-state index in [1.807, 2.05) is 50.4 Å². The van der Waals surface area contributed by atoms with Crippen LogP contribution >= 0.6 is 0 Å². The van der Waals surface area contributed by atoms with Gasteiger partial charge in [-0.05, 0) is 56.5 Å². The van der Waals surface area contributed by atoms with Gasteiger partial charge in [0.15, 0.2) is 0 Å². The van der Waals surface area contributed by atoms with E-state index >= 15 is 0 Å². The molecule has 2 aromatic rings. The highest BCUT2D eigenvalue weighted by molar-refractivity contribution is 5.86. The molecule has 2 atom stereocenters. The molecule has 0 bridgehead atoms. The summed E-state index contributed by atoms with van der Waals surface area (Å²) in [7, 11) is 1.96. The normalized spacial score (nSPS) is 14.2. The summed E-state index contributed by atoms with van der Waals surface area (Å²) in [5, 5.41) is 14.5. The first-order valence-corrected chi connectivity index (χ1v) is 12.0. The molecule has 3 N–H and O–H groups in total. The number of benzene rings is 2. The van der Waals surface area contributed by atoms with Crippen LogP contribution in [0.4, 0.5) is 4.79 Å². The van der Waals surface area contributed by atoms with Crippen LogP contribution in [0.1, 0.15) is 50.7 Å². The van der Waals surface area contributed by atoms with E-state index in [2.05, 4.69) is 41.5 Å². The number of nitrogens with one attached hydrogen (secondary N) is 2. The van der Waals surface area contributed by atoms with Gasteiger partial charge in [-0.3, -0.25) is 9.59 Å². The molecule has 0 aliphatic heterocycles. The molecule has 2 aromatic carbocycles. The van der Waals surface area contributed by atoms with Gasteiger partial charge in [-0.2, -0.15) is 0 Å². The highest BCUT2D eigenvalue weighted by atomic mass is 16.5. The number of amides is 2. The van der Waals surface area contributed by atoms with Gasteiger partial charge >= 0.3 is 12.1 Å². The van der Waals surface area contributed by atoms with Crippen molar-refractivity contribution in [3.8, 4) is 11.1 Å². The lowest BCUT2D eigenvalue weighted by Gasteiger charge is -2.27. The molecular formula is C27H35N3O5. The number of rotatable bonds is 11. The van der Waals surface area contributed by atoms with Crippen molar-refractivity contribution >= 4 is 18.0 Å². The maximum atomic E-state index is 12.8. The Kier molecular flexibility index (Phi) is 8.87. The zero-order chi connectivity index (χ0) is 25.5. The Hall–Kier alpha value is -3.39. The zero-order valence-electron chi connectivity index (χ0n) is 20.8. The monoisotopic (exact) mass is 481 g/mol. The van der Waals surface area contributed by atoms with Crippen LogP contribution < -0.4 is 10.6 Å². The summed E-state index contributed by atoms with van der Waals surface area (Å²) in [6.45, 7) is 6.73. The Morgan fingerprint density at radius 2 is 1.54 bits per heavy atom. The van der Waals surface area contributed by atoms with Crippen LogP contribution in [0.2, 0.25) is 0 Å². The van der Waals surface area contributed by atoms with Gasteiger partial charge in [0.1, 0.15) is 12.6 Å². The highest BCUT2D eigenvalue weighted by Gasteiger charge is 2.30. The zero-order valence-corrected chi connectivity index (χ0v) is 20.8. The molecule has 1 unspecified atom stereocenters. The van der Waals surface area contributed by atoms with E-state index in [1.165, 1.54) is 0 Å². The van der Waals surface area contributed by atoms with E-state index in [0.717, 1.165) is 22.3 Å². The minimum absolute atomic E-state index is 0.0297. The SMILES string of the molecule is CC(C)N(C)C[C@H](C)NC(=O)C(CCC(=O)O)NC(=O)OCC1c2ccccc2-c2ccccc21. The van der Waals surface area contributed by atoms with Crippen molar-refractivity contribution < 1.29 is 24.2 Å². The minimum Gasteiger partial charge on any atom is -0.481 e. The molecule has 188 valence electrons. The Bertz CT molecular complexity index is 1010. The quantitative estimate of drug-likeness (QED) is 0.453. The van der Waals surface area contributed by atoms with Crippen LogP contribution in [0.5, 0.6) is 0 Å². The molecule has 0 spiro atoms. The predicted molar refractivity (Wildman–Crippen MR) is 134 cm³/mol. The van der Waals surface area contributed by atoms with E-state index in [-0.39, 0.29) is 31.4 Å². The van der Waals surface area contributed by atoms with Crippen molar-refractivity contribution in [1.29, 1.82) is 0 Å². The largest absolute Gasteiger partial charge is 0.481 e. The summed E-state index contributed by atoms with van der Waals surface area (Å²) in [4.78, 5) is 38.7. The number of carbonyl (C=O) groups is 3. The van der Waals surface area contributed by atoms with Crippen LogP contribution in [0.3, 0.4) is 0 Å². The molecule has 8 heteroatoms. The lowest BCUT2D eigenvalue weighted by molar-refractivity contribution is -0.137. The summed E-state index contributed by atoms with van der Waals surface area (Å²) in [5.41, 5.74) is 4.42. The number of hydrogen-bond donors (Lipinski definition) is 3. The van der Waals surface area contributed by atoms with Crippen molar-refractivity contribution in [2.75, 3.05) is 20.2 Å². The second kappa shape index (κ2) is 11.8. The number of ether oxygens (including phenoxy) is 1. The molecule has 35 heavy (non-hydrogen) atoms. The van der Waals surface area contributed by atoms with E-state index < -0.39 is 24.0 Å². The highest BCUT2D eigenvalue weighted by Crippen LogP contribution is 2.44. The van der Waals surface area contributed by atoms with Gasteiger partial charge < -0.3 is 25.4 Å². The molecule has 3 rings (SSSR count). The van der Waals surface area contributed by atoms with Crippen molar-refractivity contribution in [3.05, 3.63) is 59.7 Å². The first-order chi connectivity index (χ1) is 16.7. The molecule has 1 aliphatic carbocycles. The Labute approximate surface area is 206 Å². The Morgan fingerprint density at radius 3 is 2.09 bits per heavy atom. The molecular weight excluding hydrogens is 446 g/mol. The van der Waals surface area contributed by atoms with Crippen LogP contribution in [-0.4, -0.2) is 66.3 Å². The fourth-order valence-electron chi connectivity index (χ4n) is 4.35. The number of likely N-dealkylation sites (N-methyl/N-ethyl adjacent to an activating group) is 1. The number of alkyl carbamates (subject to hydrolysis) is 1. The molecule has 8 nitrogen and oxygen atoms in total. The van der Waals surface area contributed by atoms with E-state index in [4.69, 9.17) is 9.84 Å². The maximum absolute atomic E-state index is 12.8. The topological polar surface area (TPSA) is 108 Å².